The number of carbonyl (C=O) groups is 2. The van der Waals surface area contributed by atoms with E-state index in [1.807, 2.05) is 96.4 Å². The molecule has 0 saturated heterocycles. The van der Waals surface area contributed by atoms with Crippen molar-refractivity contribution in [1.29, 1.82) is 0 Å². The molecule has 31 heavy (non-hydrogen) atoms. The maximum atomic E-state index is 12.9. The zero-order chi connectivity index (χ0) is 21.5. The quantitative estimate of drug-likeness (QED) is 0.415. The Bertz CT molecular complexity index is 1110. The highest BCUT2D eigenvalue weighted by molar-refractivity contribution is 7.14. The lowest BCUT2D eigenvalue weighted by Gasteiger charge is -2.16. The fourth-order valence-corrected chi connectivity index (χ4v) is 3.94. The number of thiazole rings is 1. The van der Waals surface area contributed by atoms with Crippen molar-refractivity contribution < 1.29 is 14.3 Å². The van der Waals surface area contributed by atoms with E-state index in [0.29, 0.717) is 5.13 Å². The van der Waals surface area contributed by atoms with Crippen LogP contribution in [0.3, 0.4) is 0 Å². The van der Waals surface area contributed by atoms with E-state index >= 15 is 0 Å². The van der Waals surface area contributed by atoms with Crippen LogP contribution in [0.1, 0.15) is 17.0 Å². The van der Waals surface area contributed by atoms with Crippen molar-refractivity contribution in [1.82, 2.24) is 4.98 Å². The van der Waals surface area contributed by atoms with Crippen LogP contribution in [0.15, 0.2) is 96.4 Å². The number of rotatable bonds is 7. The third kappa shape index (κ3) is 5.24. The number of hydrogen-bond donors (Lipinski definition) is 1. The highest BCUT2D eigenvalue weighted by Crippen LogP contribution is 2.26. The second-order valence-electron chi connectivity index (χ2n) is 6.81. The van der Waals surface area contributed by atoms with Gasteiger partial charge in [0.15, 0.2) is 11.7 Å². The smallest absolute Gasteiger partial charge is 0.318 e. The van der Waals surface area contributed by atoms with Crippen LogP contribution in [0.25, 0.3) is 11.3 Å². The molecule has 5 nitrogen and oxygen atoms in total. The van der Waals surface area contributed by atoms with Gasteiger partial charge in [-0.25, -0.2) is 4.98 Å². The summed E-state index contributed by atoms with van der Waals surface area (Å²) in [5.41, 5.74) is 3.38. The highest BCUT2D eigenvalue weighted by atomic mass is 32.1. The minimum Gasteiger partial charge on any atom is -0.455 e. The average molecular weight is 429 g/mol. The molecular weight excluding hydrogens is 408 g/mol. The second kappa shape index (κ2) is 9.82. The molecule has 1 amide bonds. The van der Waals surface area contributed by atoms with Gasteiger partial charge in [-0.1, -0.05) is 91.0 Å². The monoisotopic (exact) mass is 428 g/mol. The van der Waals surface area contributed by atoms with Crippen molar-refractivity contribution in [3.63, 3.8) is 0 Å². The van der Waals surface area contributed by atoms with Gasteiger partial charge in [0.2, 0.25) is 0 Å². The maximum Gasteiger partial charge on any atom is 0.318 e. The van der Waals surface area contributed by atoms with E-state index in [4.69, 9.17) is 4.74 Å². The lowest BCUT2D eigenvalue weighted by Crippen LogP contribution is -2.24. The number of carbonyl (C=O) groups excluding carboxylic acids is 2. The predicted molar refractivity (Wildman–Crippen MR) is 122 cm³/mol. The Hall–Kier alpha value is -3.77. The Labute approximate surface area is 184 Å². The molecule has 154 valence electrons. The van der Waals surface area contributed by atoms with Gasteiger partial charge >= 0.3 is 5.97 Å². The van der Waals surface area contributed by atoms with E-state index in [9.17, 15) is 9.59 Å². The molecule has 4 aromatic rings. The van der Waals surface area contributed by atoms with E-state index in [1.54, 1.807) is 0 Å². The van der Waals surface area contributed by atoms with Gasteiger partial charge in [-0.05, 0) is 11.1 Å². The summed E-state index contributed by atoms with van der Waals surface area (Å²) in [6.07, 6.45) is 0. The summed E-state index contributed by atoms with van der Waals surface area (Å²) in [6, 6.07) is 28.5. The van der Waals surface area contributed by atoms with Gasteiger partial charge in [0.25, 0.3) is 5.91 Å². The summed E-state index contributed by atoms with van der Waals surface area (Å²) < 4.78 is 5.36. The van der Waals surface area contributed by atoms with Crippen LogP contribution in [0.5, 0.6) is 0 Å². The number of benzene rings is 3. The molecule has 0 radical (unpaired) electrons. The number of aromatic nitrogens is 1. The molecule has 0 aliphatic carbocycles. The molecule has 1 aromatic heterocycles. The molecule has 1 heterocycles. The molecule has 0 unspecified atom stereocenters. The minimum atomic E-state index is -0.597. The Kier molecular flexibility index (Phi) is 6.50. The molecule has 0 fully saturated rings. The first-order valence-corrected chi connectivity index (χ1v) is 10.7. The first-order chi connectivity index (χ1) is 15.2. The summed E-state index contributed by atoms with van der Waals surface area (Å²) in [7, 11) is 0. The van der Waals surface area contributed by atoms with Crippen LogP contribution in [0.2, 0.25) is 0 Å². The van der Waals surface area contributed by atoms with Gasteiger partial charge in [-0.3, -0.25) is 14.9 Å². The van der Waals surface area contributed by atoms with E-state index in [2.05, 4.69) is 10.3 Å². The largest absolute Gasteiger partial charge is 0.455 e. The van der Waals surface area contributed by atoms with E-state index in [-0.39, 0.29) is 6.61 Å². The fraction of sp³-hybridized carbons (Fsp3) is 0.0800. The summed E-state index contributed by atoms with van der Waals surface area (Å²) >= 11 is 1.32. The van der Waals surface area contributed by atoms with Crippen LogP contribution in [-0.4, -0.2) is 23.5 Å². The Morgan fingerprint density at radius 1 is 0.839 bits per heavy atom. The van der Waals surface area contributed by atoms with Crippen LogP contribution in [-0.2, 0) is 14.3 Å². The summed E-state index contributed by atoms with van der Waals surface area (Å²) in [5.74, 6) is -1.50. The van der Waals surface area contributed by atoms with Gasteiger partial charge in [-0.2, -0.15) is 0 Å². The van der Waals surface area contributed by atoms with E-state index < -0.39 is 17.8 Å². The van der Waals surface area contributed by atoms with Gasteiger partial charge in [0.1, 0.15) is 5.92 Å². The van der Waals surface area contributed by atoms with Crippen LogP contribution >= 0.6 is 11.3 Å². The predicted octanol–water partition coefficient (Wildman–Crippen LogP) is 5.12. The van der Waals surface area contributed by atoms with Gasteiger partial charge < -0.3 is 4.74 Å². The summed E-state index contributed by atoms with van der Waals surface area (Å²) in [5, 5.41) is 5.03. The molecule has 0 aliphatic heterocycles. The molecule has 0 saturated carbocycles. The van der Waals surface area contributed by atoms with Gasteiger partial charge in [0, 0.05) is 10.9 Å². The van der Waals surface area contributed by atoms with E-state index in [0.717, 1.165) is 22.4 Å². The number of esters is 1. The minimum absolute atomic E-state index is 0.380. The zero-order valence-corrected chi connectivity index (χ0v) is 17.4. The summed E-state index contributed by atoms with van der Waals surface area (Å²) in [6.45, 7) is -0.380. The molecule has 0 atom stereocenters. The van der Waals surface area contributed by atoms with Crippen molar-refractivity contribution in [3.8, 4) is 11.3 Å². The maximum absolute atomic E-state index is 12.9. The highest BCUT2D eigenvalue weighted by Gasteiger charge is 2.25. The first kappa shape index (κ1) is 20.5. The van der Waals surface area contributed by atoms with Crippen molar-refractivity contribution in [2.75, 3.05) is 11.9 Å². The molecule has 4 rings (SSSR count). The number of anilines is 1. The third-order valence-electron chi connectivity index (χ3n) is 4.67. The average Bonchev–Trinajstić information content (AvgIpc) is 3.28. The van der Waals surface area contributed by atoms with Crippen molar-refractivity contribution in [2.24, 2.45) is 0 Å². The van der Waals surface area contributed by atoms with Crippen LogP contribution < -0.4 is 5.32 Å². The Balaban J connectivity index is 1.40. The number of hydrogen-bond acceptors (Lipinski definition) is 5. The molecule has 0 bridgehead atoms. The molecule has 6 heteroatoms. The third-order valence-corrected chi connectivity index (χ3v) is 5.42. The lowest BCUT2D eigenvalue weighted by atomic mass is 9.91. The molecule has 0 spiro atoms. The number of nitrogens with zero attached hydrogens (tertiary/aromatic N) is 1. The van der Waals surface area contributed by atoms with E-state index in [1.165, 1.54) is 11.3 Å². The Morgan fingerprint density at radius 2 is 1.39 bits per heavy atom. The zero-order valence-electron chi connectivity index (χ0n) is 16.6. The van der Waals surface area contributed by atoms with Crippen LogP contribution in [0, 0.1) is 0 Å². The van der Waals surface area contributed by atoms with Crippen LogP contribution in [0.4, 0.5) is 5.13 Å². The molecular formula is C25H20N2O3S. The van der Waals surface area contributed by atoms with Gasteiger partial charge in [0.05, 0.1) is 5.69 Å². The topological polar surface area (TPSA) is 68.3 Å². The normalized spacial score (nSPS) is 10.6. The number of amides is 1. The number of ether oxygens (including phenoxy) is 1. The fourth-order valence-electron chi connectivity index (χ4n) is 3.20. The van der Waals surface area contributed by atoms with Crippen molar-refractivity contribution >= 4 is 28.3 Å². The SMILES string of the molecule is O=C(COC(=O)C(c1ccccc1)c1ccccc1)Nc1nc(-c2ccccc2)cs1. The standard InChI is InChI=1S/C25H20N2O3S/c28-22(27-25-26-21(17-31-25)18-10-4-1-5-11-18)16-30-24(29)23(19-12-6-2-7-13-19)20-14-8-3-9-15-20/h1-15,17,23H,16H2,(H,26,27,28). The first-order valence-electron chi connectivity index (χ1n) is 9.78. The summed E-state index contributed by atoms with van der Waals surface area (Å²) in [4.78, 5) is 29.6. The lowest BCUT2D eigenvalue weighted by molar-refractivity contribution is -0.147. The number of nitrogens with one attached hydrogen (secondary N) is 1. The second-order valence-corrected chi connectivity index (χ2v) is 7.67. The molecule has 1 N–H and O–H groups in total. The molecule has 0 aliphatic rings. The molecule has 3 aromatic carbocycles. The van der Waals surface area contributed by atoms with Gasteiger partial charge in [-0.15, -0.1) is 11.3 Å². The Morgan fingerprint density at radius 3 is 1.97 bits per heavy atom. The van der Waals surface area contributed by atoms with Crippen molar-refractivity contribution in [2.45, 2.75) is 5.92 Å². The van der Waals surface area contributed by atoms with Crippen molar-refractivity contribution in [3.05, 3.63) is 108 Å².